The normalized spacial score (nSPS) is 14.0. The minimum absolute atomic E-state index is 0.0105. The molecule has 0 saturated carbocycles. The number of nitrogens with one attached hydrogen (secondary N) is 1. The second-order valence-electron chi connectivity index (χ2n) is 4.22. The van der Waals surface area contributed by atoms with E-state index in [1.165, 1.54) is 0 Å². The molecule has 0 radical (unpaired) electrons. The Morgan fingerprint density at radius 1 is 1.61 bits per heavy atom. The number of hydrogen-bond acceptors (Lipinski definition) is 6. The average molecular weight is 275 g/mol. The van der Waals surface area contributed by atoms with Crippen LogP contribution in [0, 0.1) is 10.1 Å². The topological polar surface area (TPSA) is 101 Å². The lowest BCUT2D eigenvalue weighted by Gasteiger charge is -2.23. The van der Waals surface area contributed by atoms with Crippen LogP contribution in [-0.4, -0.2) is 32.1 Å². The summed E-state index contributed by atoms with van der Waals surface area (Å²) in [5, 5.41) is 23.3. The Bertz CT molecular complexity index is 439. The molecule has 1 atom stereocenters. The van der Waals surface area contributed by atoms with Crippen molar-refractivity contribution in [2.45, 2.75) is 32.3 Å². The van der Waals surface area contributed by atoms with Crippen molar-refractivity contribution in [2.24, 2.45) is 0 Å². The zero-order valence-electron chi connectivity index (χ0n) is 10.2. The summed E-state index contributed by atoms with van der Waals surface area (Å²) in [6, 6.07) is 0. The van der Waals surface area contributed by atoms with Gasteiger partial charge in [-0.2, -0.15) is 0 Å². The Morgan fingerprint density at radius 2 is 2.28 bits per heavy atom. The molecule has 1 rings (SSSR count). The van der Waals surface area contributed by atoms with E-state index in [-0.39, 0.29) is 23.2 Å². The fourth-order valence-electron chi connectivity index (χ4n) is 1.55. The molecule has 2 N–H and O–H groups in total. The third-order valence-electron chi connectivity index (χ3n) is 2.39. The number of halogens is 1. The van der Waals surface area contributed by atoms with Crippen molar-refractivity contribution in [3.63, 3.8) is 0 Å². The van der Waals surface area contributed by atoms with Gasteiger partial charge >= 0.3 is 5.69 Å². The van der Waals surface area contributed by atoms with Gasteiger partial charge in [0.15, 0.2) is 0 Å². The van der Waals surface area contributed by atoms with Crippen LogP contribution in [0.5, 0.6) is 0 Å². The number of hydrogen-bond donors (Lipinski definition) is 2. The molecule has 1 aromatic heterocycles. The third kappa shape index (κ3) is 3.78. The number of aromatic nitrogens is 2. The van der Waals surface area contributed by atoms with Crippen LogP contribution in [-0.2, 0) is 0 Å². The van der Waals surface area contributed by atoms with Gasteiger partial charge in [0, 0.05) is 6.54 Å². The zero-order chi connectivity index (χ0) is 13.8. The monoisotopic (exact) mass is 274 g/mol. The van der Waals surface area contributed by atoms with Crippen LogP contribution in [0.4, 0.5) is 11.5 Å². The van der Waals surface area contributed by atoms with Gasteiger partial charge in [0.05, 0.1) is 10.5 Å². The molecule has 1 aromatic rings. The van der Waals surface area contributed by atoms with E-state index in [1.54, 1.807) is 6.92 Å². The van der Waals surface area contributed by atoms with Gasteiger partial charge in [-0.1, -0.05) is 24.9 Å². The highest BCUT2D eigenvalue weighted by Crippen LogP contribution is 2.28. The average Bonchev–Trinajstić information content (AvgIpc) is 2.26. The molecule has 0 saturated heterocycles. The Kier molecular flexibility index (Phi) is 4.80. The molecular formula is C10H15ClN4O3. The Hall–Kier alpha value is -1.47. The number of nitro groups is 1. The molecule has 7 nitrogen and oxygen atoms in total. The molecule has 0 aliphatic heterocycles. The molecule has 1 heterocycles. The Labute approximate surface area is 109 Å². The maximum atomic E-state index is 10.8. The van der Waals surface area contributed by atoms with Crippen molar-refractivity contribution in [1.82, 2.24) is 9.97 Å². The zero-order valence-corrected chi connectivity index (χ0v) is 10.9. The summed E-state index contributed by atoms with van der Waals surface area (Å²) in [4.78, 5) is 17.5. The summed E-state index contributed by atoms with van der Waals surface area (Å²) in [5.41, 5.74) is -1.34. The van der Waals surface area contributed by atoms with E-state index in [9.17, 15) is 15.2 Å². The van der Waals surface area contributed by atoms with Crippen molar-refractivity contribution < 1.29 is 10.0 Å². The van der Waals surface area contributed by atoms with Crippen LogP contribution in [0.2, 0.25) is 5.15 Å². The minimum atomic E-state index is -0.958. The maximum Gasteiger partial charge on any atom is 0.348 e. The molecule has 0 aliphatic carbocycles. The lowest BCUT2D eigenvalue weighted by atomic mass is 10.0. The van der Waals surface area contributed by atoms with Gasteiger partial charge in [-0.3, -0.25) is 10.1 Å². The number of rotatable bonds is 6. The van der Waals surface area contributed by atoms with Crippen molar-refractivity contribution in [3.05, 3.63) is 21.6 Å². The van der Waals surface area contributed by atoms with Crippen LogP contribution in [0.1, 0.15) is 26.7 Å². The number of aliphatic hydroxyl groups is 1. The van der Waals surface area contributed by atoms with Gasteiger partial charge in [0.1, 0.15) is 6.33 Å². The molecule has 100 valence electrons. The Morgan fingerprint density at radius 3 is 2.83 bits per heavy atom. The van der Waals surface area contributed by atoms with Crippen molar-refractivity contribution in [3.8, 4) is 0 Å². The highest BCUT2D eigenvalue weighted by Gasteiger charge is 2.24. The first-order chi connectivity index (χ1) is 8.37. The lowest BCUT2D eigenvalue weighted by Crippen LogP contribution is -2.33. The molecule has 0 fully saturated rings. The van der Waals surface area contributed by atoms with Gasteiger partial charge in [0.25, 0.3) is 0 Å². The number of nitrogens with zero attached hydrogens (tertiary/aromatic N) is 3. The van der Waals surface area contributed by atoms with Crippen LogP contribution in [0.3, 0.4) is 0 Å². The molecule has 1 unspecified atom stereocenters. The highest BCUT2D eigenvalue weighted by molar-refractivity contribution is 6.31. The predicted molar refractivity (Wildman–Crippen MR) is 67.7 cm³/mol. The fourth-order valence-corrected chi connectivity index (χ4v) is 1.75. The van der Waals surface area contributed by atoms with E-state index in [0.717, 1.165) is 12.7 Å². The van der Waals surface area contributed by atoms with Crippen molar-refractivity contribution in [1.29, 1.82) is 0 Å². The van der Waals surface area contributed by atoms with Crippen LogP contribution in [0.25, 0.3) is 0 Å². The van der Waals surface area contributed by atoms with Crippen LogP contribution < -0.4 is 5.32 Å². The third-order valence-corrected chi connectivity index (χ3v) is 2.66. The molecule has 0 amide bonds. The minimum Gasteiger partial charge on any atom is -0.388 e. The predicted octanol–water partition coefficient (Wildman–Crippen LogP) is 2.00. The molecule has 0 bridgehead atoms. The standard InChI is InChI=1S/C10H15ClN4O3/c1-3-4-10(2,16)5-12-9-7(15(17)18)8(11)13-6-14-9/h6,16H,3-5H2,1-2H3,(H,12,13,14). The first kappa shape index (κ1) is 14.6. The summed E-state index contributed by atoms with van der Waals surface area (Å²) < 4.78 is 0. The SMILES string of the molecule is CCCC(C)(O)CNc1ncnc(Cl)c1[N+](=O)[O-]. The molecule has 18 heavy (non-hydrogen) atoms. The number of anilines is 1. The fraction of sp³-hybridized carbons (Fsp3) is 0.600. The summed E-state index contributed by atoms with van der Waals surface area (Å²) >= 11 is 5.64. The van der Waals surface area contributed by atoms with Gasteiger partial charge in [-0.25, -0.2) is 9.97 Å². The second kappa shape index (κ2) is 5.92. The summed E-state index contributed by atoms with van der Waals surface area (Å²) in [6.07, 6.45) is 2.51. The van der Waals surface area contributed by atoms with Crippen molar-refractivity contribution in [2.75, 3.05) is 11.9 Å². The summed E-state index contributed by atoms with van der Waals surface area (Å²) in [7, 11) is 0. The maximum absolute atomic E-state index is 10.8. The first-order valence-electron chi connectivity index (χ1n) is 5.48. The van der Waals surface area contributed by atoms with Crippen molar-refractivity contribution >= 4 is 23.1 Å². The smallest absolute Gasteiger partial charge is 0.348 e. The highest BCUT2D eigenvalue weighted by atomic mass is 35.5. The molecule has 0 aliphatic rings. The van der Waals surface area contributed by atoms with Gasteiger partial charge in [-0.05, 0) is 13.3 Å². The molecular weight excluding hydrogens is 260 g/mol. The second-order valence-corrected chi connectivity index (χ2v) is 4.58. The van der Waals surface area contributed by atoms with E-state index < -0.39 is 10.5 Å². The van der Waals surface area contributed by atoms with E-state index in [2.05, 4.69) is 15.3 Å². The van der Waals surface area contributed by atoms with Gasteiger partial charge in [-0.15, -0.1) is 0 Å². The van der Waals surface area contributed by atoms with E-state index in [1.807, 2.05) is 6.92 Å². The first-order valence-corrected chi connectivity index (χ1v) is 5.86. The van der Waals surface area contributed by atoms with E-state index in [4.69, 9.17) is 11.6 Å². The van der Waals surface area contributed by atoms with E-state index in [0.29, 0.717) is 6.42 Å². The van der Waals surface area contributed by atoms with Gasteiger partial charge < -0.3 is 10.4 Å². The summed E-state index contributed by atoms with van der Waals surface area (Å²) in [5.74, 6) is 0.0105. The lowest BCUT2D eigenvalue weighted by molar-refractivity contribution is -0.384. The quantitative estimate of drug-likeness (QED) is 0.467. The van der Waals surface area contributed by atoms with Crippen LogP contribution >= 0.6 is 11.6 Å². The Balaban J connectivity index is 2.85. The largest absolute Gasteiger partial charge is 0.388 e. The van der Waals surface area contributed by atoms with Crippen LogP contribution in [0.15, 0.2) is 6.33 Å². The molecule has 8 heteroatoms. The molecule has 0 aromatic carbocycles. The van der Waals surface area contributed by atoms with Gasteiger partial charge in [0.2, 0.25) is 11.0 Å². The molecule has 0 spiro atoms. The van der Waals surface area contributed by atoms with E-state index >= 15 is 0 Å². The summed E-state index contributed by atoms with van der Waals surface area (Å²) in [6.45, 7) is 3.74.